The second-order valence-electron chi connectivity index (χ2n) is 4.92. The van der Waals surface area contributed by atoms with E-state index in [1.54, 1.807) is 31.2 Å². The Kier molecular flexibility index (Phi) is 6.63. The number of nitrogens with one attached hydrogen (secondary N) is 1. The molecule has 126 valence electrons. The van der Waals surface area contributed by atoms with E-state index in [1.807, 2.05) is 31.2 Å². The molecule has 0 heterocycles. The number of rotatable bonds is 7. The predicted octanol–water partition coefficient (Wildman–Crippen LogP) is 3.66. The number of hydrogen-bond donors (Lipinski definition) is 1. The van der Waals surface area contributed by atoms with Crippen molar-refractivity contribution in [3.8, 4) is 11.5 Å². The van der Waals surface area contributed by atoms with Gasteiger partial charge >= 0.3 is 0 Å². The third-order valence-corrected chi connectivity index (χ3v) is 3.34. The van der Waals surface area contributed by atoms with E-state index in [0.29, 0.717) is 23.1 Å². The number of hydrazone groups is 1. The third-order valence-electron chi connectivity index (χ3n) is 3.09. The van der Waals surface area contributed by atoms with Crippen LogP contribution < -0.4 is 14.9 Å². The van der Waals surface area contributed by atoms with E-state index >= 15 is 0 Å². The van der Waals surface area contributed by atoms with E-state index in [1.165, 1.54) is 6.21 Å². The van der Waals surface area contributed by atoms with Gasteiger partial charge in [-0.1, -0.05) is 23.7 Å². The van der Waals surface area contributed by atoms with Gasteiger partial charge in [0, 0.05) is 10.6 Å². The van der Waals surface area contributed by atoms with Gasteiger partial charge in [-0.25, -0.2) is 5.43 Å². The van der Waals surface area contributed by atoms with Gasteiger partial charge in [-0.15, -0.1) is 0 Å². The maximum Gasteiger partial charge on any atom is 0.280 e. The number of carbonyl (C=O) groups excluding carboxylic acids is 1. The normalized spacial score (nSPS) is 12.0. The summed E-state index contributed by atoms with van der Waals surface area (Å²) in [5.41, 5.74) is 3.24. The molecule has 0 aliphatic carbocycles. The molecule has 0 bridgehead atoms. The highest BCUT2D eigenvalue weighted by molar-refractivity contribution is 6.30. The van der Waals surface area contributed by atoms with Crippen LogP contribution in [0.1, 0.15) is 19.4 Å². The molecule has 0 radical (unpaired) electrons. The molecule has 1 atom stereocenters. The Morgan fingerprint density at radius 3 is 2.67 bits per heavy atom. The minimum Gasteiger partial charge on any atom is -0.493 e. The van der Waals surface area contributed by atoms with Crippen LogP contribution in [-0.4, -0.2) is 24.8 Å². The molecule has 6 heteroatoms. The van der Waals surface area contributed by atoms with E-state index < -0.39 is 6.10 Å². The van der Waals surface area contributed by atoms with Crippen molar-refractivity contribution in [1.29, 1.82) is 0 Å². The van der Waals surface area contributed by atoms with Crippen LogP contribution in [0.15, 0.2) is 53.6 Å². The van der Waals surface area contributed by atoms with Crippen molar-refractivity contribution >= 4 is 23.7 Å². The predicted molar refractivity (Wildman–Crippen MR) is 94.9 cm³/mol. The molecule has 2 rings (SSSR count). The van der Waals surface area contributed by atoms with Crippen molar-refractivity contribution in [1.82, 2.24) is 5.43 Å². The fourth-order valence-electron chi connectivity index (χ4n) is 1.90. The van der Waals surface area contributed by atoms with Gasteiger partial charge in [0.25, 0.3) is 5.91 Å². The molecule has 0 aliphatic rings. The van der Waals surface area contributed by atoms with Crippen molar-refractivity contribution in [2.24, 2.45) is 5.10 Å². The molecule has 0 saturated carbocycles. The fraction of sp³-hybridized carbons (Fsp3) is 0.222. The SMILES string of the molecule is CCOc1ccccc1C=NNC(=O)[C@H](C)Oc1ccc(Cl)cc1. The summed E-state index contributed by atoms with van der Waals surface area (Å²) >= 11 is 5.81. The standard InChI is InChI=1S/C18H19ClN2O3/c1-3-23-17-7-5-4-6-14(17)12-20-21-18(22)13(2)24-16-10-8-15(19)9-11-16/h4-13H,3H2,1-2H3,(H,21,22)/t13-/m0/s1. The fourth-order valence-corrected chi connectivity index (χ4v) is 2.03. The monoisotopic (exact) mass is 346 g/mol. The minimum absolute atomic E-state index is 0.352. The number of benzene rings is 2. The van der Waals surface area contributed by atoms with Crippen molar-refractivity contribution in [3.05, 3.63) is 59.1 Å². The van der Waals surface area contributed by atoms with Gasteiger partial charge in [0.2, 0.25) is 0 Å². The van der Waals surface area contributed by atoms with E-state index in [4.69, 9.17) is 21.1 Å². The molecule has 5 nitrogen and oxygen atoms in total. The van der Waals surface area contributed by atoms with E-state index in [0.717, 1.165) is 5.56 Å². The number of para-hydroxylation sites is 1. The quantitative estimate of drug-likeness (QED) is 0.615. The van der Waals surface area contributed by atoms with E-state index in [9.17, 15) is 4.79 Å². The van der Waals surface area contributed by atoms with E-state index in [-0.39, 0.29) is 5.91 Å². The van der Waals surface area contributed by atoms with Crippen molar-refractivity contribution in [2.45, 2.75) is 20.0 Å². The van der Waals surface area contributed by atoms with Gasteiger partial charge in [-0.2, -0.15) is 5.10 Å². The molecule has 2 aromatic carbocycles. The lowest BCUT2D eigenvalue weighted by Gasteiger charge is -2.12. The third kappa shape index (κ3) is 5.28. The highest BCUT2D eigenvalue weighted by atomic mass is 35.5. The Morgan fingerprint density at radius 2 is 1.96 bits per heavy atom. The second kappa shape index (κ2) is 8.93. The van der Waals surface area contributed by atoms with Crippen LogP contribution in [0, 0.1) is 0 Å². The van der Waals surface area contributed by atoms with Crippen molar-refractivity contribution < 1.29 is 14.3 Å². The van der Waals surface area contributed by atoms with Gasteiger partial charge in [-0.3, -0.25) is 4.79 Å². The molecule has 0 spiro atoms. The maximum atomic E-state index is 12.0. The van der Waals surface area contributed by atoms with Gasteiger partial charge in [0.15, 0.2) is 6.10 Å². The summed E-state index contributed by atoms with van der Waals surface area (Å²) in [6, 6.07) is 14.3. The minimum atomic E-state index is -0.689. The summed E-state index contributed by atoms with van der Waals surface area (Å²) in [5.74, 6) is 0.922. The number of halogens is 1. The summed E-state index contributed by atoms with van der Waals surface area (Å²) in [6.45, 7) is 4.11. The summed E-state index contributed by atoms with van der Waals surface area (Å²) < 4.78 is 11.0. The first-order chi connectivity index (χ1) is 11.6. The van der Waals surface area contributed by atoms with Crippen molar-refractivity contribution in [3.63, 3.8) is 0 Å². The van der Waals surface area contributed by atoms with Crippen LogP contribution in [0.25, 0.3) is 0 Å². The number of amides is 1. The number of nitrogens with zero attached hydrogens (tertiary/aromatic N) is 1. The summed E-state index contributed by atoms with van der Waals surface area (Å²) in [5, 5.41) is 4.56. The van der Waals surface area contributed by atoms with Gasteiger partial charge in [0.1, 0.15) is 11.5 Å². The molecule has 0 unspecified atom stereocenters. The van der Waals surface area contributed by atoms with Gasteiger partial charge in [-0.05, 0) is 50.2 Å². The number of carbonyl (C=O) groups is 1. The first-order valence-corrected chi connectivity index (χ1v) is 7.95. The lowest BCUT2D eigenvalue weighted by Crippen LogP contribution is -2.33. The van der Waals surface area contributed by atoms with Crippen LogP contribution in [-0.2, 0) is 4.79 Å². The topological polar surface area (TPSA) is 59.9 Å². The molecule has 0 aromatic heterocycles. The van der Waals surface area contributed by atoms with Crippen LogP contribution in [0.5, 0.6) is 11.5 Å². The summed E-state index contributed by atoms with van der Waals surface area (Å²) in [6.07, 6.45) is 0.850. The second-order valence-corrected chi connectivity index (χ2v) is 5.36. The van der Waals surface area contributed by atoms with Crippen molar-refractivity contribution in [2.75, 3.05) is 6.61 Å². The largest absolute Gasteiger partial charge is 0.493 e. The lowest BCUT2D eigenvalue weighted by molar-refractivity contribution is -0.127. The first kappa shape index (κ1) is 17.8. The summed E-state index contributed by atoms with van der Waals surface area (Å²) in [7, 11) is 0. The van der Waals surface area contributed by atoms with E-state index in [2.05, 4.69) is 10.5 Å². The highest BCUT2D eigenvalue weighted by Gasteiger charge is 2.13. The number of ether oxygens (including phenoxy) is 2. The zero-order chi connectivity index (χ0) is 17.4. The van der Waals surface area contributed by atoms with Gasteiger partial charge in [0.05, 0.1) is 12.8 Å². The Hall–Kier alpha value is -2.53. The Balaban J connectivity index is 1.91. The first-order valence-electron chi connectivity index (χ1n) is 7.57. The van der Waals surface area contributed by atoms with Crippen LogP contribution in [0.4, 0.5) is 0 Å². The zero-order valence-electron chi connectivity index (χ0n) is 13.5. The Labute approximate surface area is 146 Å². The van der Waals surface area contributed by atoms with Gasteiger partial charge < -0.3 is 9.47 Å². The number of hydrogen-bond acceptors (Lipinski definition) is 4. The maximum absolute atomic E-state index is 12.0. The Bertz CT molecular complexity index is 702. The molecule has 1 amide bonds. The van der Waals surface area contributed by atoms with Crippen LogP contribution in [0.2, 0.25) is 5.02 Å². The molecular weight excluding hydrogens is 328 g/mol. The highest BCUT2D eigenvalue weighted by Crippen LogP contribution is 2.17. The average Bonchev–Trinajstić information content (AvgIpc) is 2.58. The Morgan fingerprint density at radius 1 is 1.25 bits per heavy atom. The lowest BCUT2D eigenvalue weighted by atomic mass is 10.2. The molecule has 1 N–H and O–H groups in total. The molecule has 0 aliphatic heterocycles. The van der Waals surface area contributed by atoms with Crippen LogP contribution >= 0.6 is 11.6 Å². The average molecular weight is 347 g/mol. The van der Waals surface area contributed by atoms with Crippen LogP contribution in [0.3, 0.4) is 0 Å². The smallest absolute Gasteiger partial charge is 0.280 e. The molecular formula is C18H19ClN2O3. The molecule has 0 saturated heterocycles. The molecule has 2 aromatic rings. The zero-order valence-corrected chi connectivity index (χ0v) is 14.3. The summed E-state index contributed by atoms with van der Waals surface area (Å²) in [4.78, 5) is 12.0. The molecule has 24 heavy (non-hydrogen) atoms. The molecule has 0 fully saturated rings.